The lowest BCUT2D eigenvalue weighted by Crippen LogP contribution is -2.36. The number of hydrogen-bond acceptors (Lipinski definition) is 6. The molecule has 3 aromatic carbocycles. The number of nitrogens with zero attached hydrogens (tertiary/aromatic N) is 4. The average molecular weight is 649 g/mol. The molecule has 4 heterocycles. The molecular formula is C38H44N6O4. The Morgan fingerprint density at radius 3 is 1.92 bits per heavy atom. The maximum atomic E-state index is 12.9. The Kier molecular flexibility index (Phi) is 7.92. The van der Waals surface area contributed by atoms with Crippen LogP contribution in [0.5, 0.6) is 0 Å². The van der Waals surface area contributed by atoms with Crippen LogP contribution >= 0.6 is 0 Å². The van der Waals surface area contributed by atoms with Crippen LogP contribution in [0.15, 0.2) is 60.8 Å². The molecule has 7 rings (SSSR count). The first-order valence-electron chi connectivity index (χ1n) is 16.9. The number of nitrogens with one attached hydrogen (secondary N) is 2. The van der Waals surface area contributed by atoms with Gasteiger partial charge in [-0.25, -0.2) is 19.6 Å². The molecule has 10 heteroatoms. The second-order valence-electron chi connectivity index (χ2n) is 15.0. The number of imidazole rings is 2. The van der Waals surface area contributed by atoms with Crippen molar-refractivity contribution in [2.75, 3.05) is 13.1 Å². The number of amides is 2. The van der Waals surface area contributed by atoms with Gasteiger partial charge in [0.25, 0.3) is 0 Å². The van der Waals surface area contributed by atoms with E-state index in [0.717, 1.165) is 81.5 Å². The summed E-state index contributed by atoms with van der Waals surface area (Å²) in [4.78, 5) is 45.9. The van der Waals surface area contributed by atoms with Gasteiger partial charge in [-0.1, -0.05) is 30.3 Å². The number of benzene rings is 3. The van der Waals surface area contributed by atoms with Crippen LogP contribution in [0.2, 0.25) is 0 Å². The third-order valence-electron chi connectivity index (χ3n) is 8.97. The third-order valence-corrected chi connectivity index (χ3v) is 8.97. The molecule has 2 aromatic heterocycles. The standard InChI is InChI=1S/C38H44N6O4/c1-37(2,3)47-35(45)43-17-7-9-31(43)33-39-22-30(42-33)26-14-12-23-11-13-24(19-27(23)20-26)25-15-16-28-29(21-25)41-34(40-28)32-10-8-18-44(32)36(46)48-38(4,5)6/h11-16,19-22,31-32H,7-10,17-18H2,1-6H3,(H,39,42)(H,40,41)/t31-,32-/m0/s1. The number of ether oxygens (including phenoxy) is 2. The van der Waals surface area contributed by atoms with Crippen molar-refractivity contribution in [1.29, 1.82) is 0 Å². The fourth-order valence-electron chi connectivity index (χ4n) is 6.79. The van der Waals surface area contributed by atoms with Gasteiger partial charge in [-0.05, 0) is 113 Å². The molecule has 0 aliphatic carbocycles. The van der Waals surface area contributed by atoms with Crippen LogP contribution in [0, 0.1) is 0 Å². The van der Waals surface area contributed by atoms with E-state index in [9.17, 15) is 9.59 Å². The van der Waals surface area contributed by atoms with E-state index in [1.54, 1.807) is 9.80 Å². The monoisotopic (exact) mass is 648 g/mol. The van der Waals surface area contributed by atoms with Crippen molar-refractivity contribution < 1.29 is 19.1 Å². The molecular weight excluding hydrogens is 604 g/mol. The molecule has 2 fully saturated rings. The van der Waals surface area contributed by atoms with Gasteiger partial charge in [-0.3, -0.25) is 9.80 Å². The third kappa shape index (κ3) is 6.48. The fourth-order valence-corrected chi connectivity index (χ4v) is 6.79. The molecule has 10 nitrogen and oxygen atoms in total. The van der Waals surface area contributed by atoms with Crippen molar-refractivity contribution in [2.45, 2.75) is 90.5 Å². The molecule has 0 saturated carbocycles. The van der Waals surface area contributed by atoms with Crippen molar-refractivity contribution in [3.05, 3.63) is 72.4 Å². The summed E-state index contributed by atoms with van der Waals surface area (Å²) < 4.78 is 11.3. The number of rotatable bonds is 4. The lowest BCUT2D eigenvalue weighted by Gasteiger charge is -2.27. The molecule has 48 heavy (non-hydrogen) atoms. The fraction of sp³-hybridized carbons (Fsp3) is 0.421. The summed E-state index contributed by atoms with van der Waals surface area (Å²) in [5.74, 6) is 1.57. The molecule has 2 aliphatic rings. The van der Waals surface area contributed by atoms with Crippen molar-refractivity contribution >= 4 is 34.0 Å². The number of carbonyl (C=O) groups is 2. The highest BCUT2D eigenvalue weighted by molar-refractivity contribution is 5.92. The van der Waals surface area contributed by atoms with Gasteiger partial charge in [-0.15, -0.1) is 0 Å². The van der Waals surface area contributed by atoms with Gasteiger partial charge in [0, 0.05) is 18.7 Å². The lowest BCUT2D eigenvalue weighted by atomic mass is 9.99. The number of H-pyrrole nitrogens is 2. The molecule has 5 aromatic rings. The first-order valence-corrected chi connectivity index (χ1v) is 16.9. The van der Waals surface area contributed by atoms with Gasteiger partial charge in [0.1, 0.15) is 22.9 Å². The highest BCUT2D eigenvalue weighted by Gasteiger charge is 2.36. The van der Waals surface area contributed by atoms with Gasteiger partial charge < -0.3 is 19.4 Å². The minimum atomic E-state index is -0.546. The van der Waals surface area contributed by atoms with Gasteiger partial charge in [0.05, 0.1) is 35.0 Å². The summed E-state index contributed by atoms with van der Waals surface area (Å²) >= 11 is 0. The highest BCUT2D eigenvalue weighted by atomic mass is 16.6. The molecule has 2 saturated heterocycles. The van der Waals surface area contributed by atoms with E-state index in [4.69, 9.17) is 19.4 Å². The maximum absolute atomic E-state index is 12.9. The smallest absolute Gasteiger partial charge is 0.410 e. The zero-order valence-electron chi connectivity index (χ0n) is 28.6. The van der Waals surface area contributed by atoms with Crippen LogP contribution in [0.3, 0.4) is 0 Å². The Labute approximate surface area is 280 Å². The summed E-state index contributed by atoms with van der Waals surface area (Å²) in [6.45, 7) is 12.6. The largest absolute Gasteiger partial charge is 0.444 e. The topological polar surface area (TPSA) is 116 Å². The molecule has 2 atom stereocenters. The zero-order valence-corrected chi connectivity index (χ0v) is 28.6. The number of hydrogen-bond donors (Lipinski definition) is 2. The van der Waals surface area contributed by atoms with Crippen molar-refractivity contribution in [1.82, 2.24) is 29.7 Å². The molecule has 0 unspecified atom stereocenters. The molecule has 0 spiro atoms. The van der Waals surface area contributed by atoms with E-state index >= 15 is 0 Å². The second kappa shape index (κ2) is 12.0. The number of carbonyl (C=O) groups excluding carboxylic acids is 2. The number of likely N-dealkylation sites (tertiary alicyclic amines) is 2. The van der Waals surface area contributed by atoms with Crippen LogP contribution in [0.25, 0.3) is 44.2 Å². The van der Waals surface area contributed by atoms with Crippen molar-refractivity contribution in [3.8, 4) is 22.4 Å². The van der Waals surface area contributed by atoms with E-state index < -0.39 is 11.2 Å². The van der Waals surface area contributed by atoms with Gasteiger partial charge in [0.15, 0.2) is 0 Å². The number of fused-ring (bicyclic) bond motifs is 2. The van der Waals surface area contributed by atoms with E-state index in [0.29, 0.717) is 13.1 Å². The Morgan fingerprint density at radius 1 is 0.708 bits per heavy atom. The summed E-state index contributed by atoms with van der Waals surface area (Å²) in [5, 5.41) is 2.25. The Balaban J connectivity index is 1.12. The molecule has 0 radical (unpaired) electrons. The SMILES string of the molecule is CC(C)(C)OC(=O)N1CCC[C@H]1c1ncc(-c2ccc3ccc(-c4ccc5nc([C@@H]6CCCN6C(=O)OC(C)(C)C)[nH]c5c4)cc3c2)[nH]1. The van der Waals surface area contributed by atoms with E-state index in [1.807, 2.05) is 53.8 Å². The quantitative estimate of drug-likeness (QED) is 0.201. The van der Waals surface area contributed by atoms with E-state index in [2.05, 4.69) is 58.5 Å². The molecule has 2 aliphatic heterocycles. The first-order chi connectivity index (χ1) is 22.8. The van der Waals surface area contributed by atoms with Crippen molar-refractivity contribution in [3.63, 3.8) is 0 Å². The van der Waals surface area contributed by atoms with Gasteiger partial charge in [-0.2, -0.15) is 0 Å². The minimum Gasteiger partial charge on any atom is -0.444 e. The number of aromatic nitrogens is 4. The van der Waals surface area contributed by atoms with Crippen LogP contribution in [-0.4, -0.2) is 66.2 Å². The van der Waals surface area contributed by atoms with Crippen LogP contribution in [0.4, 0.5) is 9.59 Å². The van der Waals surface area contributed by atoms with E-state index in [1.165, 1.54) is 0 Å². The molecule has 2 amide bonds. The maximum Gasteiger partial charge on any atom is 0.410 e. The summed E-state index contributed by atoms with van der Waals surface area (Å²) in [5.41, 5.74) is 4.82. The Morgan fingerprint density at radius 2 is 1.27 bits per heavy atom. The molecule has 2 N–H and O–H groups in total. The normalized spacial score (nSPS) is 18.6. The highest BCUT2D eigenvalue weighted by Crippen LogP contribution is 2.36. The van der Waals surface area contributed by atoms with Crippen LogP contribution < -0.4 is 0 Å². The summed E-state index contributed by atoms with van der Waals surface area (Å²) in [6.07, 6.45) is 4.77. The summed E-state index contributed by atoms with van der Waals surface area (Å²) in [6, 6.07) is 18.9. The van der Waals surface area contributed by atoms with Crippen LogP contribution in [0.1, 0.15) is 91.0 Å². The van der Waals surface area contributed by atoms with Gasteiger partial charge in [0.2, 0.25) is 0 Å². The van der Waals surface area contributed by atoms with Crippen molar-refractivity contribution in [2.24, 2.45) is 0 Å². The summed E-state index contributed by atoms with van der Waals surface area (Å²) in [7, 11) is 0. The molecule has 0 bridgehead atoms. The molecule has 250 valence electrons. The predicted molar refractivity (Wildman–Crippen MR) is 186 cm³/mol. The van der Waals surface area contributed by atoms with E-state index in [-0.39, 0.29) is 24.3 Å². The predicted octanol–water partition coefficient (Wildman–Crippen LogP) is 8.92. The Hall–Kier alpha value is -4.86. The first kappa shape index (κ1) is 31.7. The number of aromatic amines is 2. The lowest BCUT2D eigenvalue weighted by molar-refractivity contribution is 0.0208. The van der Waals surface area contributed by atoms with Gasteiger partial charge >= 0.3 is 12.2 Å². The van der Waals surface area contributed by atoms with Crippen LogP contribution in [-0.2, 0) is 9.47 Å². The second-order valence-corrected chi connectivity index (χ2v) is 15.0. The zero-order chi connectivity index (χ0) is 33.8. The Bertz CT molecular complexity index is 2000. The average Bonchev–Trinajstić information content (AvgIpc) is 3.84. The minimum absolute atomic E-state index is 0.132.